The summed E-state index contributed by atoms with van der Waals surface area (Å²) in [5, 5.41) is 1.40. The van der Waals surface area contributed by atoms with Crippen LogP contribution in [0.15, 0.2) is 30.5 Å². The van der Waals surface area contributed by atoms with Gasteiger partial charge in [0.2, 0.25) is 0 Å². The molecule has 0 saturated heterocycles. The average molecular weight is 317 g/mol. The minimum atomic E-state index is -1.70. The number of nitrogens with two attached hydrogens (primary N) is 1. The molecule has 3 heteroatoms. The molecule has 0 aliphatic heterocycles. The highest BCUT2D eigenvalue weighted by Crippen LogP contribution is 2.44. The van der Waals surface area contributed by atoms with E-state index >= 15 is 0 Å². The quantitative estimate of drug-likeness (QED) is 0.733. The Kier molecular flexibility index (Phi) is 5.18. The number of benzene rings is 1. The van der Waals surface area contributed by atoms with E-state index in [1.54, 1.807) is 0 Å². The highest BCUT2D eigenvalue weighted by molar-refractivity contribution is 6.82. The minimum Gasteiger partial charge on any atom is -0.373 e. The molecular weight excluding hydrogens is 284 g/mol. The van der Waals surface area contributed by atoms with Gasteiger partial charge in [0.15, 0.2) is 8.24 Å². The molecule has 122 valence electrons. The average Bonchev–Trinajstić information content (AvgIpc) is 2.79. The van der Waals surface area contributed by atoms with Gasteiger partial charge in [-0.15, -0.1) is 0 Å². The second kappa shape index (κ2) is 6.59. The minimum absolute atomic E-state index is 0.703. The number of aromatic nitrogens is 1. The summed E-state index contributed by atoms with van der Waals surface area (Å²) >= 11 is 0. The van der Waals surface area contributed by atoms with E-state index in [-0.39, 0.29) is 0 Å². The van der Waals surface area contributed by atoms with Crippen LogP contribution in [0.1, 0.15) is 47.1 Å². The summed E-state index contributed by atoms with van der Waals surface area (Å²) in [5.74, 6) is 0. The fourth-order valence-electron chi connectivity index (χ4n) is 4.76. The van der Waals surface area contributed by atoms with E-state index in [0.717, 1.165) is 6.42 Å². The van der Waals surface area contributed by atoms with Crippen LogP contribution in [-0.2, 0) is 6.42 Å². The van der Waals surface area contributed by atoms with E-state index in [9.17, 15) is 0 Å². The van der Waals surface area contributed by atoms with Crippen LogP contribution in [0.5, 0.6) is 0 Å². The van der Waals surface area contributed by atoms with Crippen LogP contribution in [0.25, 0.3) is 10.9 Å². The monoisotopic (exact) mass is 316 g/mol. The summed E-state index contributed by atoms with van der Waals surface area (Å²) in [6, 6.07) is 8.88. The molecule has 0 spiro atoms. The molecule has 0 unspecified atom stereocenters. The molecule has 2 aromatic rings. The molecule has 2 rings (SSSR count). The first kappa shape index (κ1) is 17.3. The van der Waals surface area contributed by atoms with Gasteiger partial charge in [0.1, 0.15) is 0 Å². The van der Waals surface area contributed by atoms with Crippen molar-refractivity contribution < 1.29 is 0 Å². The van der Waals surface area contributed by atoms with Crippen LogP contribution < -0.4 is 5.73 Å². The Balaban J connectivity index is 2.80. The normalized spacial score (nSPS) is 13.0. The smallest absolute Gasteiger partial charge is 0.169 e. The van der Waals surface area contributed by atoms with Gasteiger partial charge in [-0.25, -0.2) is 0 Å². The summed E-state index contributed by atoms with van der Waals surface area (Å²) in [6.45, 7) is 15.2. The third-order valence-electron chi connectivity index (χ3n) is 5.40. The zero-order chi connectivity index (χ0) is 16.5. The van der Waals surface area contributed by atoms with E-state index in [1.807, 2.05) is 0 Å². The molecule has 2 N–H and O–H groups in total. The standard InChI is InChI=1S/C19H32N2Si/c1-14(2)22(15(3)4,16(5)6)21-13-17(11-12-20)18-9-7-8-10-19(18)21/h7-10,13-16H,11-12,20H2,1-6H3. The van der Waals surface area contributed by atoms with Crippen molar-refractivity contribution >= 4 is 19.1 Å². The molecule has 0 saturated carbocycles. The van der Waals surface area contributed by atoms with Gasteiger partial charge < -0.3 is 9.97 Å². The molecule has 1 aromatic heterocycles. The molecule has 22 heavy (non-hydrogen) atoms. The molecule has 0 amide bonds. The van der Waals surface area contributed by atoms with Gasteiger partial charge in [-0.05, 0) is 47.4 Å². The molecule has 1 heterocycles. The van der Waals surface area contributed by atoms with Crippen molar-refractivity contribution in [2.24, 2.45) is 5.73 Å². The summed E-state index contributed by atoms with van der Waals surface area (Å²) in [6.07, 6.45) is 3.40. The summed E-state index contributed by atoms with van der Waals surface area (Å²) in [7, 11) is -1.70. The maximum Gasteiger partial charge on any atom is 0.169 e. The van der Waals surface area contributed by atoms with Crippen LogP contribution >= 0.6 is 0 Å². The van der Waals surface area contributed by atoms with Crippen LogP contribution in [0, 0.1) is 0 Å². The lowest BCUT2D eigenvalue weighted by molar-refractivity contribution is 0.771. The predicted molar refractivity (Wildman–Crippen MR) is 101 cm³/mol. The van der Waals surface area contributed by atoms with Crippen molar-refractivity contribution in [3.05, 3.63) is 36.0 Å². The Labute approximate surface area is 136 Å². The zero-order valence-electron chi connectivity index (χ0n) is 15.1. The van der Waals surface area contributed by atoms with Crippen LogP contribution in [0.2, 0.25) is 16.6 Å². The van der Waals surface area contributed by atoms with Crippen molar-refractivity contribution in [1.29, 1.82) is 0 Å². The molecule has 0 aliphatic carbocycles. The van der Waals surface area contributed by atoms with Crippen molar-refractivity contribution in [2.75, 3.05) is 6.54 Å². The van der Waals surface area contributed by atoms with Crippen LogP contribution in [0.3, 0.4) is 0 Å². The molecule has 0 atom stereocenters. The summed E-state index contributed by atoms with van der Waals surface area (Å²) in [4.78, 5) is 0. The van der Waals surface area contributed by atoms with Gasteiger partial charge in [0.25, 0.3) is 0 Å². The molecule has 0 bridgehead atoms. The highest BCUT2D eigenvalue weighted by atomic mass is 28.3. The van der Waals surface area contributed by atoms with Gasteiger partial charge >= 0.3 is 0 Å². The third-order valence-corrected chi connectivity index (χ3v) is 12.2. The predicted octanol–water partition coefficient (Wildman–Crippen LogP) is 5.17. The molecule has 0 fully saturated rings. The van der Waals surface area contributed by atoms with Crippen molar-refractivity contribution in [2.45, 2.75) is 64.6 Å². The van der Waals surface area contributed by atoms with Crippen LogP contribution in [-0.4, -0.2) is 19.0 Å². The Morgan fingerprint density at radius 3 is 2.00 bits per heavy atom. The van der Waals surface area contributed by atoms with Gasteiger partial charge in [-0.3, -0.25) is 0 Å². The van der Waals surface area contributed by atoms with Crippen molar-refractivity contribution in [3.8, 4) is 0 Å². The highest BCUT2D eigenvalue weighted by Gasteiger charge is 2.45. The van der Waals surface area contributed by atoms with Crippen LogP contribution in [0.4, 0.5) is 0 Å². The van der Waals surface area contributed by atoms with Gasteiger partial charge in [0.05, 0.1) is 0 Å². The largest absolute Gasteiger partial charge is 0.373 e. The summed E-state index contributed by atoms with van der Waals surface area (Å²) in [5.41, 5.74) is 10.8. The van der Waals surface area contributed by atoms with E-state index in [1.165, 1.54) is 16.5 Å². The van der Waals surface area contributed by atoms with Crippen molar-refractivity contribution in [3.63, 3.8) is 0 Å². The molecular formula is C19H32N2Si. The van der Waals surface area contributed by atoms with E-state index in [0.29, 0.717) is 23.2 Å². The number of rotatable bonds is 6. The number of hydrogen-bond acceptors (Lipinski definition) is 1. The van der Waals surface area contributed by atoms with Gasteiger partial charge in [0, 0.05) is 10.9 Å². The summed E-state index contributed by atoms with van der Waals surface area (Å²) < 4.78 is 2.70. The SMILES string of the molecule is CC(C)[Si](C(C)C)(C(C)C)n1cc(CCN)c2ccccc21. The maximum atomic E-state index is 5.85. The van der Waals surface area contributed by atoms with Gasteiger partial charge in [-0.2, -0.15) is 0 Å². The Morgan fingerprint density at radius 2 is 1.50 bits per heavy atom. The van der Waals surface area contributed by atoms with Gasteiger partial charge in [-0.1, -0.05) is 59.7 Å². The first-order valence-electron chi connectivity index (χ1n) is 8.66. The van der Waals surface area contributed by atoms with E-state index < -0.39 is 8.24 Å². The first-order valence-corrected chi connectivity index (χ1v) is 10.8. The van der Waals surface area contributed by atoms with E-state index in [4.69, 9.17) is 5.73 Å². The lowest BCUT2D eigenvalue weighted by Gasteiger charge is -2.44. The number of hydrogen-bond donors (Lipinski definition) is 1. The Hall–Kier alpha value is -1.06. The first-order chi connectivity index (χ1) is 10.4. The third kappa shape index (κ3) is 2.54. The van der Waals surface area contributed by atoms with Crippen molar-refractivity contribution in [1.82, 2.24) is 4.23 Å². The van der Waals surface area contributed by atoms with E-state index in [2.05, 4.69) is 76.2 Å². The maximum absolute atomic E-state index is 5.85. The lowest BCUT2D eigenvalue weighted by Crippen LogP contribution is -2.51. The number of nitrogens with zero attached hydrogens (tertiary/aromatic N) is 1. The second-order valence-corrected chi connectivity index (χ2v) is 13.2. The number of para-hydroxylation sites is 1. The molecule has 0 aliphatic rings. The topological polar surface area (TPSA) is 30.9 Å². The Bertz CT molecular complexity index is 604. The molecule has 2 nitrogen and oxygen atoms in total. The second-order valence-electron chi connectivity index (χ2n) is 7.43. The molecule has 1 aromatic carbocycles. The lowest BCUT2D eigenvalue weighted by atomic mass is 10.1. The fraction of sp³-hybridized carbons (Fsp3) is 0.579. The molecule has 0 radical (unpaired) electrons. The fourth-order valence-corrected chi connectivity index (χ4v) is 11.4. The zero-order valence-corrected chi connectivity index (χ0v) is 16.1. The Morgan fingerprint density at radius 1 is 0.955 bits per heavy atom. The number of fused-ring (bicyclic) bond motifs is 1.